The van der Waals surface area contributed by atoms with E-state index in [-0.39, 0.29) is 41.6 Å². The first kappa shape index (κ1) is 21.9. The number of benzene rings is 1. The van der Waals surface area contributed by atoms with Crippen LogP contribution in [-0.4, -0.2) is 61.7 Å². The molecule has 4 N–H and O–H groups in total. The molecule has 2 saturated carbocycles. The summed E-state index contributed by atoms with van der Waals surface area (Å²) in [5, 5.41) is 18.2. The number of aliphatic hydroxyl groups excluding tert-OH is 1. The molecule has 9 nitrogen and oxygen atoms in total. The Bertz CT molecular complexity index is 1130. The Kier molecular flexibility index (Phi) is 5.19. The highest BCUT2D eigenvalue weighted by molar-refractivity contribution is 6.04. The maximum atomic E-state index is 13.4. The van der Waals surface area contributed by atoms with Crippen molar-refractivity contribution in [3.05, 3.63) is 30.0 Å². The fourth-order valence-electron chi connectivity index (χ4n) is 5.98. The lowest BCUT2D eigenvalue weighted by molar-refractivity contribution is -0.141. The molecule has 33 heavy (non-hydrogen) atoms. The zero-order valence-corrected chi connectivity index (χ0v) is 19.0. The minimum Gasteiger partial charge on any atom is -0.393 e. The maximum absolute atomic E-state index is 13.4. The summed E-state index contributed by atoms with van der Waals surface area (Å²) in [6.45, 7) is 4.14. The summed E-state index contributed by atoms with van der Waals surface area (Å²) in [6, 6.07) is 6.64. The van der Waals surface area contributed by atoms with Crippen molar-refractivity contribution < 1.29 is 19.5 Å². The number of piperidine rings is 1. The maximum Gasteiger partial charge on any atom is 0.269 e. The molecule has 9 heteroatoms. The second kappa shape index (κ2) is 7.83. The molecular weight excluding hydrogens is 422 g/mol. The Morgan fingerprint density at radius 1 is 1.18 bits per heavy atom. The Labute approximate surface area is 192 Å². The number of aliphatic hydroxyl groups is 1. The molecule has 0 bridgehead atoms. The second-order valence-corrected chi connectivity index (χ2v) is 10.7. The second-order valence-electron chi connectivity index (χ2n) is 10.7. The Morgan fingerprint density at radius 3 is 2.67 bits per heavy atom. The molecule has 2 aromatic rings. The van der Waals surface area contributed by atoms with Gasteiger partial charge in [0.2, 0.25) is 11.8 Å². The molecule has 0 radical (unpaired) electrons. The van der Waals surface area contributed by atoms with Crippen LogP contribution in [0.4, 0.5) is 0 Å². The monoisotopic (exact) mass is 453 g/mol. The van der Waals surface area contributed by atoms with Crippen molar-refractivity contribution >= 4 is 28.6 Å². The van der Waals surface area contributed by atoms with Crippen LogP contribution < -0.4 is 11.1 Å². The van der Waals surface area contributed by atoms with E-state index in [0.29, 0.717) is 29.7 Å². The first-order chi connectivity index (χ1) is 15.6. The number of hydrogen-bond donors (Lipinski definition) is 3. The van der Waals surface area contributed by atoms with E-state index in [4.69, 9.17) is 5.73 Å². The van der Waals surface area contributed by atoms with Gasteiger partial charge in [-0.15, -0.1) is 0 Å². The van der Waals surface area contributed by atoms with Crippen molar-refractivity contribution in [3.63, 3.8) is 0 Å². The topological polar surface area (TPSA) is 131 Å². The third kappa shape index (κ3) is 4.10. The highest BCUT2D eigenvalue weighted by Gasteiger charge is 2.56. The molecular formula is C24H31N5O4. The van der Waals surface area contributed by atoms with Crippen molar-refractivity contribution in [1.29, 1.82) is 0 Å². The highest BCUT2D eigenvalue weighted by Crippen LogP contribution is 2.48. The molecule has 5 atom stereocenters. The van der Waals surface area contributed by atoms with Crippen LogP contribution in [0.25, 0.3) is 10.9 Å². The van der Waals surface area contributed by atoms with Gasteiger partial charge >= 0.3 is 0 Å². The predicted molar refractivity (Wildman–Crippen MR) is 121 cm³/mol. The van der Waals surface area contributed by atoms with Gasteiger partial charge in [-0.2, -0.15) is 5.10 Å². The zero-order chi connectivity index (χ0) is 23.5. The smallest absolute Gasteiger partial charge is 0.269 e. The summed E-state index contributed by atoms with van der Waals surface area (Å²) >= 11 is 0. The normalized spacial score (nSPS) is 30.2. The molecule has 3 aliphatic rings. The molecule has 1 aliphatic heterocycles. The SMILES string of the molecule is CC1(C)C[C@H](O)C[C@H](NC(=O)[C@@H]2C[C@H]3C[C@H]3N2C(=O)Cn2nc(C(N)=O)c3ccccc32)C1. The van der Waals surface area contributed by atoms with Crippen LogP contribution >= 0.6 is 0 Å². The van der Waals surface area contributed by atoms with E-state index < -0.39 is 18.1 Å². The number of aromatic nitrogens is 2. The highest BCUT2D eigenvalue weighted by atomic mass is 16.3. The fraction of sp³-hybridized carbons (Fsp3) is 0.583. The molecule has 0 spiro atoms. The summed E-state index contributed by atoms with van der Waals surface area (Å²) < 4.78 is 1.50. The lowest BCUT2D eigenvalue weighted by Gasteiger charge is -2.39. The predicted octanol–water partition coefficient (Wildman–Crippen LogP) is 1.18. The quantitative estimate of drug-likeness (QED) is 0.626. The number of amides is 3. The van der Waals surface area contributed by atoms with Crippen LogP contribution in [-0.2, 0) is 16.1 Å². The molecule has 1 aromatic heterocycles. The van der Waals surface area contributed by atoms with E-state index in [2.05, 4.69) is 24.3 Å². The van der Waals surface area contributed by atoms with E-state index in [0.717, 1.165) is 19.3 Å². The number of nitrogens with two attached hydrogens (primary N) is 1. The van der Waals surface area contributed by atoms with E-state index in [1.54, 1.807) is 23.1 Å². The largest absolute Gasteiger partial charge is 0.393 e. The number of likely N-dealkylation sites (tertiary alicyclic amines) is 1. The number of nitrogens with zero attached hydrogens (tertiary/aromatic N) is 3. The van der Waals surface area contributed by atoms with E-state index in [1.807, 2.05) is 6.07 Å². The molecule has 3 amide bonds. The van der Waals surface area contributed by atoms with Crippen LogP contribution in [0.3, 0.4) is 0 Å². The van der Waals surface area contributed by atoms with Crippen molar-refractivity contribution in [2.45, 2.75) is 76.7 Å². The number of hydrogen-bond acceptors (Lipinski definition) is 5. The molecule has 5 rings (SSSR count). The average Bonchev–Trinajstić information content (AvgIpc) is 3.22. The van der Waals surface area contributed by atoms with Crippen molar-refractivity contribution in [2.75, 3.05) is 0 Å². The van der Waals surface area contributed by atoms with Gasteiger partial charge in [0.15, 0.2) is 5.69 Å². The number of para-hydroxylation sites is 1. The van der Waals surface area contributed by atoms with E-state index in [1.165, 1.54) is 4.68 Å². The fourth-order valence-corrected chi connectivity index (χ4v) is 5.98. The molecule has 2 aliphatic carbocycles. The first-order valence-electron chi connectivity index (χ1n) is 11.7. The van der Waals surface area contributed by atoms with Gasteiger partial charge in [-0.3, -0.25) is 19.1 Å². The summed E-state index contributed by atoms with van der Waals surface area (Å²) in [7, 11) is 0. The zero-order valence-electron chi connectivity index (χ0n) is 19.0. The molecule has 0 unspecified atom stereocenters. The standard InChI is InChI=1S/C24H31N5O4/c1-24(2)10-14(9-15(30)11-24)26-23(33)19-8-13-7-18(13)29(19)20(31)12-28-17-6-4-3-5-16(17)21(27-28)22(25)32/h3-6,13-15,18-19,30H,7-12H2,1-2H3,(H2,25,32)(H,26,33)/t13-,14+,15-,18-,19+/m1/s1. The van der Waals surface area contributed by atoms with Crippen LogP contribution in [0.2, 0.25) is 0 Å². The number of primary amides is 1. The molecule has 1 aromatic carbocycles. The summed E-state index contributed by atoms with van der Waals surface area (Å²) in [5.74, 6) is -0.619. The number of nitrogens with one attached hydrogen (secondary N) is 1. The lowest BCUT2D eigenvalue weighted by atomic mass is 9.73. The minimum absolute atomic E-state index is 0.0395. The minimum atomic E-state index is -0.643. The Morgan fingerprint density at radius 2 is 1.94 bits per heavy atom. The molecule has 2 heterocycles. The number of rotatable bonds is 5. The molecule has 1 saturated heterocycles. The lowest BCUT2D eigenvalue weighted by Crippen LogP contribution is -2.53. The van der Waals surface area contributed by atoms with E-state index in [9.17, 15) is 19.5 Å². The van der Waals surface area contributed by atoms with Crippen LogP contribution in [0.15, 0.2) is 24.3 Å². The van der Waals surface area contributed by atoms with Crippen molar-refractivity contribution in [1.82, 2.24) is 20.0 Å². The first-order valence-corrected chi connectivity index (χ1v) is 11.7. The van der Waals surface area contributed by atoms with Crippen LogP contribution in [0.1, 0.15) is 56.4 Å². The molecule has 176 valence electrons. The summed E-state index contributed by atoms with van der Waals surface area (Å²) in [6.07, 6.45) is 3.21. The summed E-state index contributed by atoms with van der Waals surface area (Å²) in [5.41, 5.74) is 6.23. The third-order valence-corrected chi connectivity index (χ3v) is 7.36. The van der Waals surface area contributed by atoms with Gasteiger partial charge in [-0.25, -0.2) is 0 Å². The van der Waals surface area contributed by atoms with Gasteiger partial charge in [0, 0.05) is 17.5 Å². The van der Waals surface area contributed by atoms with Gasteiger partial charge in [-0.1, -0.05) is 32.0 Å². The average molecular weight is 454 g/mol. The van der Waals surface area contributed by atoms with Crippen LogP contribution in [0.5, 0.6) is 0 Å². The van der Waals surface area contributed by atoms with E-state index >= 15 is 0 Å². The van der Waals surface area contributed by atoms with Crippen molar-refractivity contribution in [3.8, 4) is 0 Å². The number of carbonyl (C=O) groups is 3. The van der Waals surface area contributed by atoms with Crippen LogP contribution in [0, 0.1) is 11.3 Å². The number of fused-ring (bicyclic) bond motifs is 2. The van der Waals surface area contributed by atoms with Gasteiger partial charge in [0.25, 0.3) is 5.91 Å². The van der Waals surface area contributed by atoms with Gasteiger partial charge in [0.1, 0.15) is 12.6 Å². The third-order valence-electron chi connectivity index (χ3n) is 7.36. The van der Waals surface area contributed by atoms with Crippen molar-refractivity contribution in [2.24, 2.45) is 17.1 Å². The summed E-state index contributed by atoms with van der Waals surface area (Å²) in [4.78, 5) is 40.1. The molecule has 3 fully saturated rings. The number of carbonyl (C=O) groups excluding carboxylic acids is 3. The van der Waals surface area contributed by atoms with Gasteiger partial charge < -0.3 is 21.1 Å². The van der Waals surface area contributed by atoms with Gasteiger partial charge in [-0.05, 0) is 49.5 Å². The Hall–Kier alpha value is -2.94. The van der Waals surface area contributed by atoms with Gasteiger partial charge in [0.05, 0.1) is 11.6 Å². The Balaban J connectivity index is 1.33.